The van der Waals surface area contributed by atoms with Crippen LogP contribution in [0, 0.1) is 0 Å². The van der Waals surface area contributed by atoms with Gasteiger partial charge in [0.25, 0.3) is 0 Å². The van der Waals surface area contributed by atoms with E-state index in [4.69, 9.17) is 13.6 Å². The molecular formula is HFKNO2S. The van der Waals surface area contributed by atoms with Crippen molar-refractivity contribution in [2.75, 3.05) is 0 Å². The van der Waals surface area contributed by atoms with E-state index in [1.165, 1.54) is 0 Å². The molecular weight excluding hydrogens is 136 g/mol. The Morgan fingerprint density at radius 1 is 1.50 bits per heavy atom. The van der Waals surface area contributed by atoms with Gasteiger partial charge in [-0.1, -0.05) is 0 Å². The third-order valence-corrected chi connectivity index (χ3v) is 0. The van der Waals surface area contributed by atoms with Gasteiger partial charge in [-0.05, 0) is 0 Å². The molecule has 0 amide bonds. The summed E-state index contributed by atoms with van der Waals surface area (Å²) < 4.78 is 27.6. The first kappa shape index (κ1) is 10.5. The van der Waals surface area contributed by atoms with Gasteiger partial charge >= 0.3 is 51.4 Å². The first-order valence-corrected chi connectivity index (χ1v) is 2.08. The fraction of sp³-hybridized carbons (Fsp3) is 0. The number of halogens is 1. The molecule has 0 bridgehead atoms. The average molecular weight is 137 g/mol. The summed E-state index contributed by atoms with van der Waals surface area (Å²) in [6.07, 6.45) is 0. The predicted molar refractivity (Wildman–Crippen MR) is 14.3 cm³/mol. The van der Waals surface area contributed by atoms with Gasteiger partial charge in [0.15, 0.2) is 0 Å². The van der Waals surface area contributed by atoms with E-state index < -0.39 is 10.4 Å². The van der Waals surface area contributed by atoms with Crippen LogP contribution < -0.4 is 51.4 Å². The molecule has 0 aliphatic rings. The zero-order valence-corrected chi connectivity index (χ0v) is 7.04. The van der Waals surface area contributed by atoms with Crippen molar-refractivity contribution >= 4 is 10.4 Å². The van der Waals surface area contributed by atoms with Crippen molar-refractivity contribution in [3.8, 4) is 0 Å². The third-order valence-electron chi connectivity index (χ3n) is 0. The summed E-state index contributed by atoms with van der Waals surface area (Å²) in [6, 6.07) is 0. The fourth-order valence-corrected chi connectivity index (χ4v) is 0. The smallest absolute Gasteiger partial charge is 0.536 e. The summed E-state index contributed by atoms with van der Waals surface area (Å²) in [5.41, 5.74) is 0. The molecule has 0 aliphatic carbocycles. The van der Waals surface area contributed by atoms with Gasteiger partial charge in [0.1, 0.15) is 0 Å². The van der Waals surface area contributed by atoms with E-state index in [2.05, 4.69) is 0 Å². The minimum atomic E-state index is -4.92. The summed E-state index contributed by atoms with van der Waals surface area (Å²) >= 11 is 0. The molecule has 6 heteroatoms. The topological polar surface area (TPSA) is 57.9 Å². The molecule has 0 aromatic carbocycles. The first-order chi connectivity index (χ1) is 2.00. The summed E-state index contributed by atoms with van der Waals surface area (Å²) in [6.45, 7) is 0. The Balaban J connectivity index is 0. The van der Waals surface area contributed by atoms with Crippen molar-refractivity contribution in [2.24, 2.45) is 0 Å². The first-order valence-electron chi connectivity index (χ1n) is 0.692. The molecule has 0 rings (SSSR count). The van der Waals surface area contributed by atoms with Crippen LogP contribution in [0.5, 0.6) is 0 Å². The normalized spacial score (nSPS) is 9.67. The van der Waals surface area contributed by atoms with Crippen LogP contribution in [0.15, 0.2) is 0 Å². The molecule has 0 spiro atoms. The summed E-state index contributed by atoms with van der Waals surface area (Å²) in [5, 5.41) is 5.24. The zero-order valence-electron chi connectivity index (χ0n) is 3.10. The Labute approximate surface area is 77.9 Å². The maximum absolute atomic E-state index is 10.3. The molecule has 0 aliphatic heterocycles. The van der Waals surface area contributed by atoms with Crippen molar-refractivity contribution < 1.29 is 63.7 Å². The van der Waals surface area contributed by atoms with Crippen LogP contribution in [0.3, 0.4) is 0 Å². The summed E-state index contributed by atoms with van der Waals surface area (Å²) in [7, 11) is -4.92. The second-order valence-electron chi connectivity index (χ2n) is 0.438. The van der Waals surface area contributed by atoms with Crippen LogP contribution in [-0.2, 0) is 10.4 Å². The van der Waals surface area contributed by atoms with E-state index in [9.17, 15) is 3.89 Å². The minimum absolute atomic E-state index is 0. The second-order valence-corrected chi connectivity index (χ2v) is 1.31. The molecule has 0 saturated carbocycles. The fourth-order valence-electron chi connectivity index (χ4n) is 0. The van der Waals surface area contributed by atoms with Gasteiger partial charge in [-0.3, -0.25) is 0 Å². The van der Waals surface area contributed by atoms with Crippen LogP contribution in [0.25, 0.3) is 5.14 Å². The van der Waals surface area contributed by atoms with Gasteiger partial charge in [0.2, 0.25) is 10.4 Å². The molecule has 6 heavy (non-hydrogen) atoms. The second kappa shape index (κ2) is 3.47. The molecule has 0 atom stereocenters. The van der Waals surface area contributed by atoms with Crippen LogP contribution >= 0.6 is 0 Å². The molecule has 1 N–H and O–H groups in total. The minimum Gasteiger partial charge on any atom is -0.536 e. The summed E-state index contributed by atoms with van der Waals surface area (Å²) in [5.74, 6) is 0. The van der Waals surface area contributed by atoms with Crippen molar-refractivity contribution in [3.05, 3.63) is 5.14 Å². The maximum atomic E-state index is 10.3. The molecule has 0 fully saturated rings. The van der Waals surface area contributed by atoms with E-state index in [0.29, 0.717) is 0 Å². The largest absolute Gasteiger partial charge is 1.00 e. The van der Waals surface area contributed by atoms with Crippen LogP contribution in [0.4, 0.5) is 3.89 Å². The van der Waals surface area contributed by atoms with Gasteiger partial charge in [0, 0.05) is 0 Å². The van der Waals surface area contributed by atoms with Gasteiger partial charge in [-0.25, -0.2) is 8.42 Å². The molecule has 0 unspecified atom stereocenters. The molecule has 0 heterocycles. The number of nitrogens with one attached hydrogen (secondary N) is 1. The van der Waals surface area contributed by atoms with E-state index >= 15 is 0 Å². The van der Waals surface area contributed by atoms with Gasteiger partial charge < -0.3 is 5.14 Å². The number of hydrogen-bond acceptors (Lipinski definition) is 2. The Morgan fingerprint density at radius 3 is 1.50 bits per heavy atom. The standard InChI is InChI=1S/FHNO2S.K/c1-5(2,3)4;/h(H-,2,3,4);/q-1;+1. The van der Waals surface area contributed by atoms with E-state index in [1.807, 2.05) is 0 Å². The van der Waals surface area contributed by atoms with Crippen molar-refractivity contribution in [1.29, 1.82) is 0 Å². The van der Waals surface area contributed by atoms with E-state index in [0.717, 1.165) is 0 Å². The molecule has 0 aromatic rings. The summed E-state index contributed by atoms with van der Waals surface area (Å²) in [4.78, 5) is 0. The monoisotopic (exact) mass is 137 g/mol. The van der Waals surface area contributed by atoms with Crippen LogP contribution in [0.2, 0.25) is 0 Å². The molecule has 0 saturated heterocycles. The van der Waals surface area contributed by atoms with Gasteiger partial charge in [-0.15, -0.1) is 3.89 Å². The Hall–Kier alpha value is 1.48. The van der Waals surface area contributed by atoms with Crippen molar-refractivity contribution in [2.45, 2.75) is 0 Å². The average Bonchev–Trinajstić information content (AvgIpc) is 0.722. The predicted octanol–water partition coefficient (Wildman–Crippen LogP) is -2.74. The van der Waals surface area contributed by atoms with Crippen LogP contribution in [-0.4, -0.2) is 8.42 Å². The molecule has 0 radical (unpaired) electrons. The quantitative estimate of drug-likeness (QED) is 0.268. The van der Waals surface area contributed by atoms with Gasteiger partial charge in [0.05, 0.1) is 0 Å². The Kier molecular flexibility index (Phi) is 6.06. The molecule has 0 aromatic heterocycles. The van der Waals surface area contributed by atoms with Crippen LogP contribution in [0.1, 0.15) is 0 Å². The number of rotatable bonds is 0. The van der Waals surface area contributed by atoms with Crippen molar-refractivity contribution in [3.63, 3.8) is 0 Å². The maximum Gasteiger partial charge on any atom is 1.00 e. The van der Waals surface area contributed by atoms with Gasteiger partial charge in [-0.2, -0.15) is 0 Å². The van der Waals surface area contributed by atoms with E-state index in [-0.39, 0.29) is 51.4 Å². The number of hydrogen-bond donors (Lipinski definition) is 0. The zero-order chi connectivity index (χ0) is 4.50. The van der Waals surface area contributed by atoms with E-state index in [1.54, 1.807) is 0 Å². The SMILES string of the molecule is [K+].[NH-]S(=O)(=O)F. The molecule has 3 nitrogen and oxygen atoms in total. The molecule has 32 valence electrons. The Morgan fingerprint density at radius 2 is 1.50 bits per heavy atom. The Bertz CT molecular complexity index is 96.7. The van der Waals surface area contributed by atoms with Crippen molar-refractivity contribution in [1.82, 2.24) is 0 Å². The third kappa shape index (κ3) is 50.3.